The number of quaternary nitrogens is 1. The van der Waals surface area contributed by atoms with Crippen molar-refractivity contribution >= 4 is 34.3 Å². The minimum atomic E-state index is 0.0332. The number of benzene rings is 1. The molecule has 3 rings (SSSR count). The molecule has 1 aromatic carbocycles. The third-order valence-corrected chi connectivity index (χ3v) is 5.83. The maximum Gasteiger partial charge on any atom is 0.279 e. The van der Waals surface area contributed by atoms with Gasteiger partial charge in [-0.1, -0.05) is 17.7 Å². The van der Waals surface area contributed by atoms with E-state index >= 15 is 0 Å². The lowest BCUT2D eigenvalue weighted by atomic mass is 10.1. The minimum Gasteiger partial charge on any atom is -0.325 e. The lowest BCUT2D eigenvalue weighted by Crippen LogP contribution is -3.08. The summed E-state index contributed by atoms with van der Waals surface area (Å²) in [5.41, 5.74) is 6.56. The molecule has 0 saturated carbocycles. The standard InChI is InChI=1S/C20H23N3OS2/c1-13-7-14(2)19(15(3)8-13)22-18(24)10-23(4)9-17-12-26-20(21-17)16-5-6-25-11-16/h5-8,11-12H,9-10H2,1-4H3,(H,22,24)/p+1. The molecular weight excluding hydrogens is 362 g/mol. The van der Waals surface area contributed by atoms with E-state index in [9.17, 15) is 4.79 Å². The third kappa shape index (κ3) is 4.58. The number of nitrogens with zero attached hydrogens (tertiary/aromatic N) is 1. The average Bonchev–Trinajstić information content (AvgIpc) is 3.21. The first kappa shape index (κ1) is 18.8. The average molecular weight is 387 g/mol. The number of thiazole rings is 1. The zero-order valence-electron chi connectivity index (χ0n) is 15.6. The van der Waals surface area contributed by atoms with Crippen LogP contribution in [0.4, 0.5) is 5.69 Å². The highest BCUT2D eigenvalue weighted by Crippen LogP contribution is 2.25. The normalized spacial score (nSPS) is 12.2. The summed E-state index contributed by atoms with van der Waals surface area (Å²) in [6.45, 7) is 7.29. The minimum absolute atomic E-state index is 0.0332. The quantitative estimate of drug-likeness (QED) is 0.682. The molecule has 2 N–H and O–H groups in total. The van der Waals surface area contributed by atoms with Crippen molar-refractivity contribution in [1.82, 2.24) is 4.98 Å². The number of likely N-dealkylation sites (N-methyl/N-ethyl adjacent to an activating group) is 1. The number of aryl methyl sites for hydroxylation is 3. The van der Waals surface area contributed by atoms with Gasteiger partial charge in [-0.3, -0.25) is 4.79 Å². The molecule has 3 aromatic rings. The first-order valence-corrected chi connectivity index (χ1v) is 10.4. The van der Waals surface area contributed by atoms with Gasteiger partial charge in [0.1, 0.15) is 17.2 Å². The smallest absolute Gasteiger partial charge is 0.279 e. The molecule has 0 saturated heterocycles. The molecule has 0 aliphatic rings. The van der Waals surface area contributed by atoms with Crippen molar-refractivity contribution in [2.75, 3.05) is 18.9 Å². The first-order chi connectivity index (χ1) is 12.4. The van der Waals surface area contributed by atoms with Gasteiger partial charge in [0.2, 0.25) is 0 Å². The molecule has 1 unspecified atom stereocenters. The lowest BCUT2D eigenvalue weighted by molar-refractivity contribution is -0.885. The summed E-state index contributed by atoms with van der Waals surface area (Å²) in [5, 5.41) is 10.4. The van der Waals surface area contributed by atoms with Crippen LogP contribution in [-0.2, 0) is 11.3 Å². The van der Waals surface area contributed by atoms with Crippen molar-refractivity contribution in [2.45, 2.75) is 27.3 Å². The summed E-state index contributed by atoms with van der Waals surface area (Å²) >= 11 is 3.34. The lowest BCUT2D eigenvalue weighted by Gasteiger charge is -2.15. The highest BCUT2D eigenvalue weighted by Gasteiger charge is 2.15. The van der Waals surface area contributed by atoms with Crippen LogP contribution in [0.15, 0.2) is 34.3 Å². The summed E-state index contributed by atoms with van der Waals surface area (Å²) in [6, 6.07) is 6.28. The fourth-order valence-corrected chi connectivity index (χ4v) is 4.65. The van der Waals surface area contributed by atoms with Crippen LogP contribution in [0.5, 0.6) is 0 Å². The van der Waals surface area contributed by atoms with E-state index in [1.807, 2.05) is 20.9 Å². The summed E-state index contributed by atoms with van der Waals surface area (Å²) in [4.78, 5) is 18.3. The Morgan fingerprint density at radius 2 is 1.92 bits per heavy atom. The van der Waals surface area contributed by atoms with Gasteiger partial charge in [0.05, 0.1) is 7.05 Å². The predicted molar refractivity (Wildman–Crippen MR) is 110 cm³/mol. The Kier molecular flexibility index (Phi) is 5.86. The Hall–Kier alpha value is -2.02. The van der Waals surface area contributed by atoms with Crippen molar-refractivity contribution in [3.8, 4) is 10.6 Å². The van der Waals surface area contributed by atoms with Gasteiger partial charge in [-0.15, -0.1) is 11.3 Å². The molecule has 0 bridgehead atoms. The van der Waals surface area contributed by atoms with Gasteiger partial charge in [-0.05, 0) is 43.3 Å². The topological polar surface area (TPSA) is 46.4 Å². The summed E-state index contributed by atoms with van der Waals surface area (Å²) in [7, 11) is 2.03. The van der Waals surface area contributed by atoms with Crippen LogP contribution in [0.25, 0.3) is 10.6 Å². The molecule has 4 nitrogen and oxygen atoms in total. The van der Waals surface area contributed by atoms with E-state index in [0.717, 1.165) is 39.0 Å². The number of anilines is 1. The molecule has 2 heterocycles. The summed E-state index contributed by atoms with van der Waals surface area (Å²) in [6.07, 6.45) is 0. The second-order valence-corrected chi connectivity index (χ2v) is 8.43. The molecule has 1 atom stereocenters. The van der Waals surface area contributed by atoms with Gasteiger partial charge in [-0.2, -0.15) is 11.3 Å². The second kappa shape index (κ2) is 8.12. The van der Waals surface area contributed by atoms with E-state index in [2.05, 4.69) is 46.6 Å². The monoisotopic (exact) mass is 386 g/mol. The number of nitrogens with one attached hydrogen (secondary N) is 2. The molecule has 0 radical (unpaired) electrons. The molecule has 6 heteroatoms. The van der Waals surface area contributed by atoms with E-state index < -0.39 is 0 Å². The SMILES string of the molecule is Cc1cc(C)c(NC(=O)C[NH+](C)Cc2csc(-c3ccsc3)n2)c(C)c1. The highest BCUT2D eigenvalue weighted by atomic mass is 32.1. The summed E-state index contributed by atoms with van der Waals surface area (Å²) < 4.78 is 0. The van der Waals surface area contributed by atoms with Gasteiger partial charge in [-0.25, -0.2) is 4.98 Å². The molecule has 136 valence electrons. The number of rotatable bonds is 6. The Labute approximate surface area is 162 Å². The van der Waals surface area contributed by atoms with Gasteiger partial charge < -0.3 is 10.2 Å². The van der Waals surface area contributed by atoms with E-state index in [1.54, 1.807) is 22.7 Å². The first-order valence-electron chi connectivity index (χ1n) is 8.58. The molecule has 1 amide bonds. The van der Waals surface area contributed by atoms with E-state index in [1.165, 1.54) is 11.1 Å². The molecule has 0 fully saturated rings. The largest absolute Gasteiger partial charge is 0.325 e. The van der Waals surface area contributed by atoms with Crippen molar-refractivity contribution < 1.29 is 9.69 Å². The molecule has 26 heavy (non-hydrogen) atoms. The van der Waals surface area contributed by atoms with Gasteiger partial charge >= 0.3 is 0 Å². The summed E-state index contributed by atoms with van der Waals surface area (Å²) in [5.74, 6) is 0.0332. The van der Waals surface area contributed by atoms with Crippen LogP contribution >= 0.6 is 22.7 Å². The number of hydrogen-bond acceptors (Lipinski definition) is 4. The number of carbonyl (C=O) groups is 1. The zero-order valence-corrected chi connectivity index (χ0v) is 17.2. The number of hydrogen-bond donors (Lipinski definition) is 2. The van der Waals surface area contributed by atoms with Crippen molar-refractivity contribution in [3.05, 3.63) is 56.7 Å². The van der Waals surface area contributed by atoms with Crippen LogP contribution in [0.2, 0.25) is 0 Å². The molecule has 0 aliphatic carbocycles. The van der Waals surface area contributed by atoms with Crippen LogP contribution in [0.1, 0.15) is 22.4 Å². The molecular formula is C20H24N3OS2+. The molecule has 0 spiro atoms. The number of carbonyl (C=O) groups excluding carboxylic acids is 1. The van der Waals surface area contributed by atoms with E-state index in [4.69, 9.17) is 4.98 Å². The van der Waals surface area contributed by atoms with E-state index in [-0.39, 0.29) is 5.91 Å². The Balaban J connectivity index is 1.58. The van der Waals surface area contributed by atoms with E-state index in [0.29, 0.717) is 6.54 Å². The van der Waals surface area contributed by atoms with Crippen molar-refractivity contribution in [3.63, 3.8) is 0 Å². The fraction of sp³-hybridized carbons (Fsp3) is 0.300. The van der Waals surface area contributed by atoms with Gasteiger partial charge in [0, 0.05) is 22.0 Å². The van der Waals surface area contributed by atoms with Crippen LogP contribution in [-0.4, -0.2) is 24.5 Å². The Morgan fingerprint density at radius 3 is 2.58 bits per heavy atom. The number of amides is 1. The van der Waals surface area contributed by atoms with Crippen molar-refractivity contribution in [2.24, 2.45) is 0 Å². The maximum absolute atomic E-state index is 12.4. The van der Waals surface area contributed by atoms with Gasteiger partial charge in [0.25, 0.3) is 5.91 Å². The van der Waals surface area contributed by atoms with Crippen LogP contribution in [0, 0.1) is 20.8 Å². The van der Waals surface area contributed by atoms with Crippen molar-refractivity contribution in [1.29, 1.82) is 0 Å². The fourth-order valence-electron chi connectivity index (χ4n) is 3.11. The van der Waals surface area contributed by atoms with Crippen LogP contribution in [0.3, 0.4) is 0 Å². The highest BCUT2D eigenvalue weighted by molar-refractivity contribution is 7.14. The maximum atomic E-state index is 12.4. The van der Waals surface area contributed by atoms with Crippen LogP contribution < -0.4 is 10.2 Å². The third-order valence-electron chi connectivity index (χ3n) is 4.21. The predicted octanol–water partition coefficient (Wildman–Crippen LogP) is 3.45. The Bertz CT molecular complexity index is 877. The zero-order chi connectivity index (χ0) is 18.7. The van der Waals surface area contributed by atoms with Gasteiger partial charge in [0.15, 0.2) is 6.54 Å². The molecule has 0 aliphatic heterocycles. The molecule has 2 aromatic heterocycles. The number of aromatic nitrogens is 1. The number of thiophene rings is 1. The Morgan fingerprint density at radius 1 is 1.19 bits per heavy atom. The second-order valence-electron chi connectivity index (χ2n) is 6.79.